The van der Waals surface area contributed by atoms with Gasteiger partial charge < -0.3 is 9.94 Å². The second-order valence-electron chi connectivity index (χ2n) is 5.83. The van der Waals surface area contributed by atoms with Gasteiger partial charge in [0.05, 0.1) is 7.11 Å². The molecule has 0 spiro atoms. The third-order valence-corrected chi connectivity index (χ3v) is 3.97. The molecule has 2 rings (SSSR count). The van der Waals surface area contributed by atoms with Crippen LogP contribution >= 0.6 is 11.3 Å². The molecule has 0 amide bonds. The van der Waals surface area contributed by atoms with Gasteiger partial charge in [-0.1, -0.05) is 26.8 Å². The van der Waals surface area contributed by atoms with Crippen molar-refractivity contribution in [3.63, 3.8) is 0 Å². The van der Waals surface area contributed by atoms with Gasteiger partial charge in [-0.15, -0.1) is 11.3 Å². The van der Waals surface area contributed by atoms with Crippen molar-refractivity contribution < 1.29 is 9.47 Å². The highest BCUT2D eigenvalue weighted by molar-refractivity contribution is 7.10. The Morgan fingerprint density at radius 3 is 2.57 bits per heavy atom. The Morgan fingerprint density at radius 2 is 2.05 bits per heavy atom. The van der Waals surface area contributed by atoms with E-state index in [2.05, 4.69) is 25.8 Å². The average molecular weight is 304 g/mol. The zero-order chi connectivity index (χ0) is 15.6. The van der Waals surface area contributed by atoms with Crippen molar-refractivity contribution in [2.24, 2.45) is 0 Å². The van der Waals surface area contributed by atoms with E-state index >= 15 is 0 Å². The summed E-state index contributed by atoms with van der Waals surface area (Å²) in [5.74, 6) is 0.942. The first-order valence-electron chi connectivity index (χ1n) is 6.75. The number of methoxy groups -OCH3 is 1. The second-order valence-corrected chi connectivity index (χ2v) is 6.81. The number of hydrogen-bond donors (Lipinski definition) is 0. The van der Waals surface area contributed by atoms with E-state index in [9.17, 15) is 5.21 Å². The minimum Gasteiger partial charge on any atom is -0.710 e. The van der Waals surface area contributed by atoms with Crippen LogP contribution in [0.25, 0.3) is 12.2 Å². The molecule has 0 aromatic carbocycles. The Hall–Kier alpha value is -1.88. The molecule has 0 atom stereocenters. The summed E-state index contributed by atoms with van der Waals surface area (Å²) < 4.78 is 6.20. The third-order valence-electron chi connectivity index (χ3n) is 3.14. The van der Waals surface area contributed by atoms with Gasteiger partial charge in [0.2, 0.25) is 11.4 Å². The normalized spacial score (nSPS) is 12.0. The van der Waals surface area contributed by atoms with Crippen molar-refractivity contribution in [1.29, 1.82) is 0 Å². The number of rotatable bonds is 3. The van der Waals surface area contributed by atoms with Crippen LogP contribution in [-0.4, -0.2) is 12.1 Å². The van der Waals surface area contributed by atoms with E-state index in [0.29, 0.717) is 17.3 Å². The minimum absolute atomic E-state index is 0.199. The lowest BCUT2D eigenvalue weighted by Gasteiger charge is -2.20. The summed E-state index contributed by atoms with van der Waals surface area (Å²) in [6, 6.07) is 3.97. The highest BCUT2D eigenvalue weighted by atomic mass is 32.1. The topological polar surface area (TPSA) is 49.1 Å². The van der Waals surface area contributed by atoms with E-state index in [-0.39, 0.29) is 5.41 Å². The van der Waals surface area contributed by atoms with Crippen LogP contribution in [0.5, 0.6) is 5.75 Å². The number of thiophene rings is 1. The van der Waals surface area contributed by atoms with Crippen LogP contribution in [0.15, 0.2) is 17.5 Å². The molecule has 4 nitrogen and oxygen atoms in total. The third kappa shape index (κ3) is 3.24. The molecule has 0 saturated heterocycles. The van der Waals surface area contributed by atoms with Crippen LogP contribution in [-0.2, 0) is 5.41 Å². The Bertz CT molecular complexity index is 656. The smallest absolute Gasteiger partial charge is 0.326 e. The van der Waals surface area contributed by atoms with Crippen LogP contribution in [0.3, 0.4) is 0 Å². The molecule has 0 saturated carbocycles. The fourth-order valence-corrected chi connectivity index (χ4v) is 2.66. The molecule has 0 radical (unpaired) electrons. The molecule has 2 aromatic heterocycles. The maximum Gasteiger partial charge on any atom is 0.326 e. The first kappa shape index (κ1) is 15.5. The lowest BCUT2D eigenvalue weighted by Crippen LogP contribution is -2.37. The molecule has 0 aliphatic rings. The van der Waals surface area contributed by atoms with Gasteiger partial charge in [-0.2, -0.15) is 0 Å². The van der Waals surface area contributed by atoms with Crippen molar-refractivity contribution in [3.05, 3.63) is 44.8 Å². The molecule has 2 heterocycles. The van der Waals surface area contributed by atoms with E-state index < -0.39 is 0 Å². The predicted molar refractivity (Wildman–Crippen MR) is 86.4 cm³/mol. The monoisotopic (exact) mass is 304 g/mol. The molecule has 0 N–H and O–H groups in total. The number of aromatic nitrogens is 2. The fourth-order valence-electron chi connectivity index (χ4n) is 2.05. The lowest BCUT2D eigenvalue weighted by molar-refractivity contribution is -0.618. The minimum atomic E-state index is -0.199. The molecular weight excluding hydrogens is 284 g/mol. The van der Waals surface area contributed by atoms with Gasteiger partial charge in [0, 0.05) is 23.3 Å². The molecule has 0 fully saturated rings. The van der Waals surface area contributed by atoms with Crippen molar-refractivity contribution in [1.82, 2.24) is 4.98 Å². The molecule has 112 valence electrons. The molecular formula is C16H20N2O2S. The van der Waals surface area contributed by atoms with Gasteiger partial charge in [0.25, 0.3) is 0 Å². The van der Waals surface area contributed by atoms with E-state index in [4.69, 9.17) is 4.74 Å². The van der Waals surface area contributed by atoms with Crippen LogP contribution in [0.1, 0.15) is 42.9 Å². The van der Waals surface area contributed by atoms with Gasteiger partial charge in [-0.25, -0.2) is 4.73 Å². The zero-order valence-corrected chi connectivity index (χ0v) is 13.8. The van der Waals surface area contributed by atoms with Gasteiger partial charge in [0.15, 0.2) is 0 Å². The predicted octanol–water partition coefficient (Wildman–Crippen LogP) is 3.56. The van der Waals surface area contributed by atoms with Crippen LogP contribution in [0, 0.1) is 12.1 Å². The van der Waals surface area contributed by atoms with Gasteiger partial charge in [0.1, 0.15) is 5.69 Å². The highest BCUT2D eigenvalue weighted by Crippen LogP contribution is 2.30. The summed E-state index contributed by atoms with van der Waals surface area (Å²) in [6.45, 7) is 7.92. The van der Waals surface area contributed by atoms with Gasteiger partial charge in [-0.05, 0) is 22.5 Å². The van der Waals surface area contributed by atoms with Crippen LogP contribution < -0.4 is 9.47 Å². The van der Waals surface area contributed by atoms with Crippen LogP contribution in [0.4, 0.5) is 0 Å². The van der Waals surface area contributed by atoms with Crippen molar-refractivity contribution >= 4 is 23.5 Å². The van der Waals surface area contributed by atoms with Crippen molar-refractivity contribution in [2.75, 3.05) is 7.11 Å². The van der Waals surface area contributed by atoms with Crippen molar-refractivity contribution in [2.45, 2.75) is 33.1 Å². The molecule has 21 heavy (non-hydrogen) atoms. The summed E-state index contributed by atoms with van der Waals surface area (Å²) >= 11 is 1.62. The largest absolute Gasteiger partial charge is 0.710 e. The van der Waals surface area contributed by atoms with E-state index in [1.807, 2.05) is 23.6 Å². The number of ether oxygens (including phenoxy) is 1. The molecule has 0 bridgehead atoms. The second kappa shape index (κ2) is 5.85. The molecule has 0 aliphatic carbocycles. The first-order valence-corrected chi connectivity index (χ1v) is 7.62. The SMILES string of the molecule is COc1c(C(C)(C)C)nc(/C=C/c2cccs2)[n+]([O-])c1C. The highest BCUT2D eigenvalue weighted by Gasteiger charge is 2.30. The zero-order valence-electron chi connectivity index (χ0n) is 13.0. The molecule has 0 unspecified atom stereocenters. The van der Waals surface area contributed by atoms with E-state index in [1.54, 1.807) is 31.4 Å². The summed E-state index contributed by atoms with van der Waals surface area (Å²) in [7, 11) is 1.57. The van der Waals surface area contributed by atoms with E-state index in [1.165, 1.54) is 0 Å². The maximum atomic E-state index is 12.3. The van der Waals surface area contributed by atoms with Gasteiger partial charge >= 0.3 is 5.82 Å². The lowest BCUT2D eigenvalue weighted by atomic mass is 9.90. The molecule has 0 aliphatic heterocycles. The Morgan fingerprint density at radius 1 is 1.33 bits per heavy atom. The summed E-state index contributed by atoms with van der Waals surface area (Å²) in [4.78, 5) is 5.60. The molecule has 2 aromatic rings. The Labute approximate surface area is 129 Å². The summed E-state index contributed by atoms with van der Waals surface area (Å²) in [5.41, 5.74) is 1.12. The quantitative estimate of drug-likeness (QED) is 0.643. The van der Waals surface area contributed by atoms with E-state index in [0.717, 1.165) is 15.3 Å². The maximum absolute atomic E-state index is 12.3. The fraction of sp³-hybridized carbons (Fsp3) is 0.375. The van der Waals surface area contributed by atoms with Crippen LogP contribution in [0.2, 0.25) is 0 Å². The van der Waals surface area contributed by atoms with Gasteiger partial charge in [-0.3, -0.25) is 0 Å². The summed E-state index contributed by atoms with van der Waals surface area (Å²) in [6.07, 6.45) is 3.65. The Kier molecular flexibility index (Phi) is 4.32. The standard InChI is InChI=1S/C16H20N2O2S/c1-11-14(20-5)15(16(2,3)4)17-13(18(11)19)9-8-12-7-6-10-21-12/h6-10H,1-5H3/b9-8+. The Balaban J connectivity index is 2.54. The summed E-state index contributed by atoms with van der Waals surface area (Å²) in [5, 5.41) is 14.3. The van der Waals surface area contributed by atoms with Crippen molar-refractivity contribution in [3.8, 4) is 5.75 Å². The number of hydrogen-bond acceptors (Lipinski definition) is 4. The number of nitrogens with zero attached hydrogens (tertiary/aromatic N) is 2. The molecule has 5 heteroatoms. The average Bonchev–Trinajstić information content (AvgIpc) is 2.92. The first-order chi connectivity index (χ1) is 9.84.